The molecule has 1 amide bonds. The molecule has 0 aromatic carbocycles. The zero-order valence-electron chi connectivity index (χ0n) is 9.48. The molecular weight excluding hydrogens is 297 g/mol. The van der Waals surface area contributed by atoms with Gasteiger partial charge < -0.3 is 21.3 Å². The van der Waals surface area contributed by atoms with Crippen LogP contribution in [0.25, 0.3) is 0 Å². The Kier molecular flexibility index (Phi) is 8.87. The van der Waals surface area contributed by atoms with Gasteiger partial charge in [0.05, 0.1) is 11.5 Å². The van der Waals surface area contributed by atoms with Gasteiger partial charge in [-0.15, -0.1) is 0 Å². The molecule has 0 aliphatic heterocycles. The number of hydrogen-bond acceptors (Lipinski definition) is 5. The fourth-order valence-corrected chi connectivity index (χ4v) is 1.57. The van der Waals surface area contributed by atoms with E-state index in [0.717, 1.165) is 0 Å². The quantitative estimate of drug-likeness (QED) is 0.523. The van der Waals surface area contributed by atoms with Crippen molar-refractivity contribution in [3.8, 4) is 0 Å². The summed E-state index contributed by atoms with van der Waals surface area (Å²) < 4.78 is 53.5. The van der Waals surface area contributed by atoms with Crippen LogP contribution < -0.4 is 11.1 Å². The number of carbonyl (C=O) groups is 2. The number of carboxylic acid groups (broad SMARTS) is 2. The average Bonchev–Trinajstić information content (AvgIpc) is 2.15. The number of aliphatic carboxylic acids is 1. The number of rotatable bonds is 5. The SMILES string of the molecule is NCCS(=O)(=O)CCNC(=O)O.O=C(O)C(F)(F)F. The van der Waals surface area contributed by atoms with Gasteiger partial charge in [-0.3, -0.25) is 0 Å². The van der Waals surface area contributed by atoms with Gasteiger partial charge in [-0.05, 0) is 0 Å². The van der Waals surface area contributed by atoms with Crippen LogP contribution in [0.4, 0.5) is 18.0 Å². The molecule has 0 atom stereocenters. The average molecular weight is 310 g/mol. The number of nitrogens with one attached hydrogen (secondary N) is 1. The highest BCUT2D eigenvalue weighted by molar-refractivity contribution is 7.91. The van der Waals surface area contributed by atoms with Crippen LogP contribution in [0.1, 0.15) is 0 Å². The van der Waals surface area contributed by atoms with Crippen LogP contribution >= 0.6 is 0 Å². The number of nitrogens with two attached hydrogens (primary N) is 1. The minimum atomic E-state index is -5.08. The number of amides is 1. The Morgan fingerprint density at radius 3 is 1.84 bits per heavy atom. The second kappa shape index (κ2) is 8.53. The lowest BCUT2D eigenvalue weighted by Crippen LogP contribution is -2.29. The summed E-state index contributed by atoms with van der Waals surface area (Å²) in [4.78, 5) is 18.8. The summed E-state index contributed by atoms with van der Waals surface area (Å²) in [5.41, 5.74) is 5.03. The predicted octanol–water partition coefficient (Wildman–Crippen LogP) is -0.739. The van der Waals surface area contributed by atoms with Crippen LogP contribution in [0.3, 0.4) is 0 Å². The second-order valence-corrected chi connectivity index (χ2v) is 5.28. The fourth-order valence-electron chi connectivity index (χ4n) is 0.595. The summed E-state index contributed by atoms with van der Waals surface area (Å²) in [6.07, 6.45) is -6.31. The zero-order valence-corrected chi connectivity index (χ0v) is 10.3. The summed E-state index contributed by atoms with van der Waals surface area (Å²) in [7, 11) is -3.18. The van der Waals surface area contributed by atoms with E-state index in [-0.39, 0.29) is 24.6 Å². The normalized spacial score (nSPS) is 11.2. The molecule has 0 saturated carbocycles. The first kappa shape index (κ1) is 19.8. The minimum Gasteiger partial charge on any atom is -0.475 e. The molecule has 0 aliphatic carbocycles. The van der Waals surface area contributed by atoms with Crippen molar-refractivity contribution < 1.29 is 41.4 Å². The van der Waals surface area contributed by atoms with Gasteiger partial charge >= 0.3 is 18.2 Å². The van der Waals surface area contributed by atoms with E-state index in [1.807, 2.05) is 5.32 Å². The van der Waals surface area contributed by atoms with Crippen LogP contribution in [-0.4, -0.2) is 61.5 Å². The van der Waals surface area contributed by atoms with Gasteiger partial charge in [-0.25, -0.2) is 18.0 Å². The Morgan fingerprint density at radius 2 is 1.58 bits per heavy atom. The molecule has 0 unspecified atom stereocenters. The van der Waals surface area contributed by atoms with Crippen LogP contribution in [0, 0.1) is 0 Å². The molecule has 114 valence electrons. The van der Waals surface area contributed by atoms with E-state index in [0.29, 0.717) is 0 Å². The summed E-state index contributed by atoms with van der Waals surface area (Å²) in [5, 5.41) is 17.2. The summed E-state index contributed by atoms with van der Waals surface area (Å²) in [5.74, 6) is -3.06. The molecule has 0 aliphatic rings. The van der Waals surface area contributed by atoms with E-state index in [9.17, 15) is 26.4 Å². The van der Waals surface area contributed by atoms with Crippen molar-refractivity contribution in [2.24, 2.45) is 5.73 Å². The van der Waals surface area contributed by atoms with Gasteiger partial charge in [0, 0.05) is 13.1 Å². The lowest BCUT2D eigenvalue weighted by Gasteiger charge is -2.01. The Hall–Kier alpha value is -1.56. The third kappa shape index (κ3) is 14.4. The van der Waals surface area contributed by atoms with Gasteiger partial charge in [0.15, 0.2) is 9.84 Å². The number of alkyl halides is 3. The molecule has 0 aromatic heterocycles. The molecule has 0 aromatic rings. The standard InChI is InChI=1S/C5H12N2O4S.C2HF3O2/c6-1-3-12(10,11)4-2-7-5(8)9;3-2(4,5)1(6)7/h7H,1-4,6H2,(H,8,9);(H,6,7). The van der Waals surface area contributed by atoms with Crippen molar-refractivity contribution in [3.63, 3.8) is 0 Å². The third-order valence-electron chi connectivity index (χ3n) is 1.36. The molecular formula is C7H13F3N2O6S. The van der Waals surface area contributed by atoms with Crippen LogP contribution in [0.5, 0.6) is 0 Å². The largest absolute Gasteiger partial charge is 0.490 e. The highest BCUT2D eigenvalue weighted by atomic mass is 32.2. The molecule has 0 rings (SSSR count). The smallest absolute Gasteiger partial charge is 0.475 e. The Morgan fingerprint density at radius 1 is 1.16 bits per heavy atom. The summed E-state index contributed by atoms with van der Waals surface area (Å²) in [6.45, 7) is -0.0208. The Balaban J connectivity index is 0. The van der Waals surface area contributed by atoms with Crippen molar-refractivity contribution in [2.75, 3.05) is 24.6 Å². The Bertz CT molecular complexity index is 394. The van der Waals surface area contributed by atoms with E-state index in [1.54, 1.807) is 0 Å². The first-order valence-electron chi connectivity index (χ1n) is 4.59. The van der Waals surface area contributed by atoms with Gasteiger partial charge in [-0.2, -0.15) is 13.2 Å². The second-order valence-electron chi connectivity index (χ2n) is 2.98. The first-order chi connectivity index (χ1) is 8.42. The molecule has 8 nitrogen and oxygen atoms in total. The first-order valence-corrected chi connectivity index (χ1v) is 6.42. The van der Waals surface area contributed by atoms with E-state index >= 15 is 0 Å². The van der Waals surface area contributed by atoms with Crippen LogP contribution in [0.15, 0.2) is 0 Å². The monoisotopic (exact) mass is 310 g/mol. The van der Waals surface area contributed by atoms with E-state index in [4.69, 9.17) is 20.7 Å². The maximum absolute atomic E-state index is 10.9. The molecule has 0 heterocycles. The van der Waals surface area contributed by atoms with E-state index < -0.39 is 28.1 Å². The zero-order chi connectivity index (χ0) is 15.7. The van der Waals surface area contributed by atoms with Crippen molar-refractivity contribution in [1.29, 1.82) is 0 Å². The molecule has 0 bridgehead atoms. The predicted molar refractivity (Wildman–Crippen MR) is 57.4 cm³/mol. The molecule has 12 heteroatoms. The van der Waals surface area contributed by atoms with Crippen LogP contribution in [-0.2, 0) is 14.6 Å². The molecule has 0 spiro atoms. The highest BCUT2D eigenvalue weighted by Gasteiger charge is 2.38. The van der Waals surface area contributed by atoms with E-state index in [1.165, 1.54) is 0 Å². The Labute approximate surface area is 106 Å². The maximum atomic E-state index is 10.9. The maximum Gasteiger partial charge on any atom is 0.490 e. The summed E-state index contributed by atoms with van der Waals surface area (Å²) >= 11 is 0. The van der Waals surface area contributed by atoms with Gasteiger partial charge in [-0.1, -0.05) is 0 Å². The van der Waals surface area contributed by atoms with Crippen LogP contribution in [0.2, 0.25) is 0 Å². The number of hydrogen-bond donors (Lipinski definition) is 4. The van der Waals surface area contributed by atoms with Crippen molar-refractivity contribution >= 4 is 21.9 Å². The van der Waals surface area contributed by atoms with Crippen molar-refractivity contribution in [1.82, 2.24) is 5.32 Å². The fraction of sp³-hybridized carbons (Fsp3) is 0.714. The summed E-state index contributed by atoms with van der Waals surface area (Å²) in [6, 6.07) is 0. The molecule has 19 heavy (non-hydrogen) atoms. The number of sulfone groups is 1. The minimum absolute atomic E-state index is 0.0649. The highest BCUT2D eigenvalue weighted by Crippen LogP contribution is 2.13. The van der Waals surface area contributed by atoms with Gasteiger partial charge in [0.2, 0.25) is 0 Å². The molecule has 0 saturated heterocycles. The molecule has 5 N–H and O–H groups in total. The third-order valence-corrected chi connectivity index (χ3v) is 3.04. The number of halogens is 3. The van der Waals surface area contributed by atoms with Crippen molar-refractivity contribution in [3.05, 3.63) is 0 Å². The topological polar surface area (TPSA) is 147 Å². The molecule has 0 radical (unpaired) electrons. The van der Waals surface area contributed by atoms with Gasteiger partial charge in [0.1, 0.15) is 0 Å². The van der Waals surface area contributed by atoms with Gasteiger partial charge in [0.25, 0.3) is 0 Å². The lowest BCUT2D eigenvalue weighted by molar-refractivity contribution is -0.192. The van der Waals surface area contributed by atoms with Crippen molar-refractivity contribution in [2.45, 2.75) is 6.18 Å². The number of carboxylic acids is 1. The van der Waals surface area contributed by atoms with E-state index in [2.05, 4.69) is 0 Å². The molecule has 0 fully saturated rings. The lowest BCUT2D eigenvalue weighted by atomic mass is 10.7.